The maximum absolute atomic E-state index is 13.5. The highest BCUT2D eigenvalue weighted by Crippen LogP contribution is 2.29. The first-order valence-corrected chi connectivity index (χ1v) is 12.0. The minimum absolute atomic E-state index is 0.109. The van der Waals surface area contributed by atoms with Gasteiger partial charge < -0.3 is 0 Å². The Morgan fingerprint density at radius 2 is 1.84 bits per heavy atom. The van der Waals surface area contributed by atoms with Crippen molar-refractivity contribution in [3.8, 4) is 11.8 Å². The zero-order valence-electron chi connectivity index (χ0n) is 17.2. The van der Waals surface area contributed by atoms with E-state index in [0.29, 0.717) is 32.4 Å². The molecule has 5 nitrogen and oxygen atoms in total. The van der Waals surface area contributed by atoms with Gasteiger partial charge in [-0.3, -0.25) is 13.9 Å². The van der Waals surface area contributed by atoms with Gasteiger partial charge in [-0.25, -0.2) is 4.98 Å². The van der Waals surface area contributed by atoms with E-state index in [1.165, 1.54) is 23.1 Å². The molecule has 0 bridgehead atoms. The Morgan fingerprint density at radius 3 is 2.52 bits per heavy atom. The molecule has 2 aromatic carbocycles. The Labute approximate surface area is 193 Å². The maximum Gasteiger partial charge on any atom is 0.273 e. The molecule has 4 rings (SSSR count). The van der Waals surface area contributed by atoms with E-state index in [4.69, 9.17) is 22.5 Å². The quantitative estimate of drug-likeness (QED) is 0.216. The zero-order valence-corrected chi connectivity index (χ0v) is 19.6. The largest absolute Gasteiger partial charge is 0.286 e. The van der Waals surface area contributed by atoms with Crippen LogP contribution in [0.1, 0.15) is 16.7 Å². The van der Waals surface area contributed by atoms with Crippen LogP contribution in [0.4, 0.5) is 0 Å². The van der Waals surface area contributed by atoms with E-state index < -0.39 is 0 Å². The number of para-hydroxylation sites is 1. The molecule has 0 spiro atoms. The van der Waals surface area contributed by atoms with Gasteiger partial charge in [0, 0.05) is 6.54 Å². The summed E-state index contributed by atoms with van der Waals surface area (Å²) in [6.45, 7) is 4.55. The van der Waals surface area contributed by atoms with E-state index in [1.54, 1.807) is 4.57 Å². The van der Waals surface area contributed by atoms with Crippen molar-refractivity contribution in [1.29, 1.82) is 5.26 Å². The van der Waals surface area contributed by atoms with Crippen molar-refractivity contribution >= 4 is 45.7 Å². The number of fused-ring (bicyclic) bond motifs is 1. The first-order valence-electron chi connectivity index (χ1n) is 9.78. The third kappa shape index (κ3) is 4.22. The number of hydrogen-bond acceptors (Lipinski definition) is 6. The van der Waals surface area contributed by atoms with Crippen molar-refractivity contribution in [2.75, 3.05) is 5.75 Å². The molecule has 0 fully saturated rings. The second kappa shape index (κ2) is 9.18. The van der Waals surface area contributed by atoms with Gasteiger partial charge in [-0.1, -0.05) is 71.6 Å². The molecule has 0 atom stereocenters. The second-order valence-electron chi connectivity index (χ2n) is 7.13. The third-order valence-electron chi connectivity index (χ3n) is 5.05. The maximum atomic E-state index is 13.5. The summed E-state index contributed by atoms with van der Waals surface area (Å²) in [5, 5.41) is 9.66. The Bertz CT molecular complexity index is 1390. The fourth-order valence-corrected chi connectivity index (χ4v) is 5.58. The van der Waals surface area contributed by atoms with Gasteiger partial charge in [-0.05, 0) is 49.2 Å². The predicted octanol–water partition coefficient (Wildman–Crippen LogP) is 5.45. The number of thioether (sulfide) groups is 1. The number of aromatic nitrogens is 3. The van der Waals surface area contributed by atoms with E-state index in [0.717, 1.165) is 22.4 Å². The summed E-state index contributed by atoms with van der Waals surface area (Å²) in [6, 6.07) is 18.2. The van der Waals surface area contributed by atoms with Crippen LogP contribution in [0.25, 0.3) is 16.0 Å². The normalized spacial score (nSPS) is 11.0. The van der Waals surface area contributed by atoms with Crippen LogP contribution in [0, 0.1) is 29.1 Å². The molecular weight excluding hydrogens is 444 g/mol. The van der Waals surface area contributed by atoms with Crippen LogP contribution in [0.3, 0.4) is 0 Å². The first-order chi connectivity index (χ1) is 15.0. The average molecular weight is 465 g/mol. The van der Waals surface area contributed by atoms with Crippen molar-refractivity contribution < 1.29 is 0 Å². The van der Waals surface area contributed by atoms with Crippen molar-refractivity contribution in [3.05, 3.63) is 79.5 Å². The monoisotopic (exact) mass is 464 g/mol. The lowest BCUT2D eigenvalue weighted by atomic mass is 10.1. The molecule has 0 unspecified atom stereocenters. The van der Waals surface area contributed by atoms with Gasteiger partial charge in [0.15, 0.2) is 14.8 Å². The van der Waals surface area contributed by atoms with Gasteiger partial charge in [-0.15, -0.1) is 0 Å². The summed E-state index contributed by atoms with van der Waals surface area (Å²) in [5.74, 6) is 0.220. The molecule has 0 aliphatic carbocycles. The summed E-state index contributed by atoms with van der Waals surface area (Å²) in [6.07, 6.45) is 0.705. The van der Waals surface area contributed by atoms with Crippen molar-refractivity contribution in [2.45, 2.75) is 32.0 Å². The van der Waals surface area contributed by atoms with E-state index in [2.05, 4.69) is 6.07 Å². The molecule has 0 radical (unpaired) electrons. The number of benzene rings is 2. The minimum Gasteiger partial charge on any atom is -0.286 e. The fourth-order valence-electron chi connectivity index (χ4n) is 3.61. The van der Waals surface area contributed by atoms with E-state index in [9.17, 15) is 4.79 Å². The van der Waals surface area contributed by atoms with Crippen molar-refractivity contribution in [2.24, 2.45) is 0 Å². The van der Waals surface area contributed by atoms with Crippen LogP contribution in [-0.4, -0.2) is 19.9 Å². The lowest BCUT2D eigenvalue weighted by molar-refractivity contribution is 0.595. The molecule has 4 aromatic rings. The van der Waals surface area contributed by atoms with Crippen molar-refractivity contribution in [3.63, 3.8) is 0 Å². The van der Waals surface area contributed by atoms with Gasteiger partial charge in [-0.2, -0.15) is 5.26 Å². The Balaban J connectivity index is 1.90. The molecule has 2 aromatic heterocycles. The summed E-state index contributed by atoms with van der Waals surface area (Å²) in [7, 11) is 0. The van der Waals surface area contributed by atoms with Gasteiger partial charge in [0.1, 0.15) is 4.70 Å². The van der Waals surface area contributed by atoms with E-state index in [-0.39, 0.29) is 11.3 Å². The molecule has 2 heterocycles. The number of hydrogen-bond donors (Lipinski definition) is 0. The third-order valence-corrected chi connectivity index (χ3v) is 7.25. The number of aryl methyl sites for hydroxylation is 3. The Hall–Kier alpha value is -2.73. The predicted molar refractivity (Wildman–Crippen MR) is 130 cm³/mol. The minimum atomic E-state index is -0.109. The molecule has 0 aliphatic heterocycles. The van der Waals surface area contributed by atoms with Crippen LogP contribution < -0.4 is 5.56 Å². The molecule has 0 aliphatic rings. The molecule has 156 valence electrons. The van der Waals surface area contributed by atoms with Gasteiger partial charge in [0.25, 0.3) is 5.56 Å². The topological polar surface area (TPSA) is 63.6 Å². The lowest BCUT2D eigenvalue weighted by Crippen LogP contribution is -2.24. The van der Waals surface area contributed by atoms with Crippen molar-refractivity contribution in [1.82, 2.24) is 14.1 Å². The molecule has 0 amide bonds. The summed E-state index contributed by atoms with van der Waals surface area (Å²) < 4.78 is 4.72. The number of nitriles is 1. The molecule has 31 heavy (non-hydrogen) atoms. The summed E-state index contributed by atoms with van der Waals surface area (Å²) in [5.41, 5.74) is 4.70. The van der Waals surface area contributed by atoms with Gasteiger partial charge >= 0.3 is 0 Å². The Morgan fingerprint density at radius 1 is 1.13 bits per heavy atom. The van der Waals surface area contributed by atoms with Gasteiger partial charge in [0.2, 0.25) is 0 Å². The smallest absolute Gasteiger partial charge is 0.273 e. The van der Waals surface area contributed by atoms with Crippen LogP contribution in [0.15, 0.2) is 58.5 Å². The SMILES string of the molecule is Cc1cccc(C)c1-n1c(=S)sc2c(=O)n(CCc3ccccc3)c(SCC#N)nc21. The standard InChI is InChI=1S/C23H20N4OS3/c1-15-7-6-8-16(2)18(15)27-20-19(31-23(27)29)21(28)26(22(25-20)30-14-12-24)13-11-17-9-4-3-5-10-17/h3-10H,11,13-14H2,1-2H3. The van der Waals surface area contributed by atoms with E-state index >= 15 is 0 Å². The number of thiazole rings is 1. The van der Waals surface area contributed by atoms with Crippen LogP contribution in [0.5, 0.6) is 0 Å². The highest BCUT2D eigenvalue weighted by Gasteiger charge is 2.19. The summed E-state index contributed by atoms with van der Waals surface area (Å²) in [4.78, 5) is 18.3. The highest BCUT2D eigenvalue weighted by atomic mass is 32.2. The number of rotatable bonds is 6. The molecule has 8 heteroatoms. The molecule has 0 saturated heterocycles. The highest BCUT2D eigenvalue weighted by molar-refractivity contribution is 7.99. The average Bonchev–Trinajstić information content (AvgIpc) is 3.08. The van der Waals surface area contributed by atoms with Crippen LogP contribution >= 0.6 is 35.3 Å². The van der Waals surface area contributed by atoms with Crippen LogP contribution in [0.2, 0.25) is 0 Å². The lowest BCUT2D eigenvalue weighted by Gasteiger charge is -2.14. The fraction of sp³-hybridized carbons (Fsp3) is 0.217. The number of nitrogens with zero attached hydrogens (tertiary/aromatic N) is 4. The van der Waals surface area contributed by atoms with Gasteiger partial charge in [0.05, 0.1) is 17.5 Å². The summed E-state index contributed by atoms with van der Waals surface area (Å²) >= 11 is 8.24. The molecular formula is C23H20N4OS3. The zero-order chi connectivity index (χ0) is 22.0. The molecule has 0 N–H and O–H groups in total. The second-order valence-corrected chi connectivity index (χ2v) is 9.72. The molecule has 0 saturated carbocycles. The van der Waals surface area contributed by atoms with Crippen LogP contribution in [-0.2, 0) is 13.0 Å². The first kappa shape index (κ1) is 21.5. The van der Waals surface area contributed by atoms with E-state index in [1.807, 2.05) is 66.9 Å². The Kier molecular flexibility index (Phi) is 6.37.